The average molecular weight is 398 g/mol. The smallest absolute Gasteiger partial charge is 0.237 e. The van der Waals surface area contributed by atoms with Crippen LogP contribution >= 0.6 is 0 Å². The van der Waals surface area contributed by atoms with Gasteiger partial charge in [0.1, 0.15) is 5.82 Å². The maximum atomic E-state index is 13.7. The summed E-state index contributed by atoms with van der Waals surface area (Å²) in [6, 6.07) is 16.1. The average Bonchev–Trinajstić information content (AvgIpc) is 2.72. The third-order valence-corrected chi connectivity index (χ3v) is 5.12. The summed E-state index contributed by atoms with van der Waals surface area (Å²) in [5.41, 5.74) is 7.14. The van der Waals surface area contributed by atoms with Crippen molar-refractivity contribution in [3.63, 3.8) is 0 Å². The molecule has 6 nitrogen and oxygen atoms in total. The van der Waals surface area contributed by atoms with Crippen LogP contribution in [-0.2, 0) is 16.1 Å². The third-order valence-electron chi connectivity index (χ3n) is 5.12. The Balaban J connectivity index is 1.72. The SMILES string of the molecule is NC(=O)CCN(Cc1ccccc1)C(=O)CN1CCNCC1c1cccc(F)c1. The number of piperazine rings is 1. The van der Waals surface area contributed by atoms with Gasteiger partial charge in [-0.15, -0.1) is 0 Å². The zero-order valence-electron chi connectivity index (χ0n) is 16.4. The second-order valence-corrected chi connectivity index (χ2v) is 7.26. The number of hydrogen-bond acceptors (Lipinski definition) is 4. The summed E-state index contributed by atoms with van der Waals surface area (Å²) in [7, 11) is 0. The van der Waals surface area contributed by atoms with Gasteiger partial charge < -0.3 is 16.0 Å². The molecule has 1 saturated heterocycles. The predicted octanol–water partition coefficient (Wildman–Crippen LogP) is 1.68. The van der Waals surface area contributed by atoms with E-state index in [-0.39, 0.29) is 37.3 Å². The lowest BCUT2D eigenvalue weighted by molar-refractivity contribution is -0.134. The maximum Gasteiger partial charge on any atom is 0.237 e. The molecule has 1 unspecified atom stereocenters. The van der Waals surface area contributed by atoms with E-state index >= 15 is 0 Å². The summed E-state index contributed by atoms with van der Waals surface area (Å²) in [5.74, 6) is -0.791. The van der Waals surface area contributed by atoms with E-state index in [0.29, 0.717) is 19.6 Å². The van der Waals surface area contributed by atoms with Crippen molar-refractivity contribution in [2.24, 2.45) is 5.73 Å². The van der Waals surface area contributed by atoms with E-state index in [9.17, 15) is 14.0 Å². The highest BCUT2D eigenvalue weighted by Crippen LogP contribution is 2.23. The first-order valence-electron chi connectivity index (χ1n) is 9.83. The monoisotopic (exact) mass is 398 g/mol. The fraction of sp³-hybridized carbons (Fsp3) is 0.364. The van der Waals surface area contributed by atoms with Crippen molar-refractivity contribution < 1.29 is 14.0 Å². The molecule has 0 radical (unpaired) electrons. The van der Waals surface area contributed by atoms with Crippen LogP contribution in [0.1, 0.15) is 23.6 Å². The van der Waals surface area contributed by atoms with Gasteiger partial charge in [-0.2, -0.15) is 0 Å². The van der Waals surface area contributed by atoms with Crippen LogP contribution in [0, 0.1) is 5.82 Å². The van der Waals surface area contributed by atoms with Crippen molar-refractivity contribution in [3.05, 3.63) is 71.5 Å². The molecule has 0 spiro atoms. The molecule has 7 heteroatoms. The molecule has 154 valence electrons. The molecule has 1 aliphatic rings. The second kappa shape index (κ2) is 10.1. The lowest BCUT2D eigenvalue weighted by atomic mass is 10.0. The molecular weight excluding hydrogens is 371 g/mol. The van der Waals surface area contributed by atoms with Gasteiger partial charge in [0, 0.05) is 45.2 Å². The molecule has 29 heavy (non-hydrogen) atoms. The van der Waals surface area contributed by atoms with Gasteiger partial charge in [-0.05, 0) is 23.3 Å². The van der Waals surface area contributed by atoms with Gasteiger partial charge in [0.2, 0.25) is 11.8 Å². The van der Waals surface area contributed by atoms with Gasteiger partial charge >= 0.3 is 0 Å². The summed E-state index contributed by atoms with van der Waals surface area (Å²) >= 11 is 0. The summed E-state index contributed by atoms with van der Waals surface area (Å²) < 4.78 is 13.7. The molecule has 3 N–H and O–H groups in total. The Morgan fingerprint density at radius 1 is 1.17 bits per heavy atom. The van der Waals surface area contributed by atoms with Crippen molar-refractivity contribution in [1.82, 2.24) is 15.1 Å². The van der Waals surface area contributed by atoms with Crippen LogP contribution < -0.4 is 11.1 Å². The normalized spacial score (nSPS) is 17.1. The first-order valence-corrected chi connectivity index (χ1v) is 9.83. The minimum Gasteiger partial charge on any atom is -0.370 e. The van der Waals surface area contributed by atoms with E-state index in [1.165, 1.54) is 12.1 Å². The number of rotatable bonds is 8. The van der Waals surface area contributed by atoms with Crippen LogP contribution in [0.3, 0.4) is 0 Å². The first kappa shape index (κ1) is 21.0. The summed E-state index contributed by atoms with van der Waals surface area (Å²) in [4.78, 5) is 28.1. The fourth-order valence-electron chi connectivity index (χ4n) is 3.59. The number of primary amides is 1. The van der Waals surface area contributed by atoms with Crippen LogP contribution in [0.2, 0.25) is 0 Å². The van der Waals surface area contributed by atoms with Crippen LogP contribution in [0.5, 0.6) is 0 Å². The number of amides is 2. The van der Waals surface area contributed by atoms with Gasteiger partial charge in [0.15, 0.2) is 0 Å². The minimum absolute atomic E-state index is 0.0709. The van der Waals surface area contributed by atoms with Crippen molar-refractivity contribution in [2.75, 3.05) is 32.7 Å². The number of benzene rings is 2. The summed E-state index contributed by atoms with van der Waals surface area (Å²) in [6.45, 7) is 3.00. The van der Waals surface area contributed by atoms with Crippen LogP contribution in [-0.4, -0.2) is 54.3 Å². The van der Waals surface area contributed by atoms with E-state index < -0.39 is 5.91 Å². The quantitative estimate of drug-likeness (QED) is 0.709. The second-order valence-electron chi connectivity index (χ2n) is 7.26. The van der Waals surface area contributed by atoms with Crippen molar-refractivity contribution in [2.45, 2.75) is 19.0 Å². The van der Waals surface area contributed by atoms with Gasteiger partial charge in [-0.25, -0.2) is 4.39 Å². The molecule has 2 amide bonds. The molecule has 1 atom stereocenters. The topological polar surface area (TPSA) is 78.7 Å². The number of carbonyl (C=O) groups excluding carboxylic acids is 2. The molecule has 0 bridgehead atoms. The molecule has 2 aromatic carbocycles. The summed E-state index contributed by atoms with van der Waals surface area (Å²) in [6.07, 6.45) is 0.119. The Hall–Kier alpha value is -2.77. The zero-order chi connectivity index (χ0) is 20.6. The van der Waals surface area contributed by atoms with E-state index in [4.69, 9.17) is 5.73 Å². The third kappa shape index (κ3) is 6.10. The largest absolute Gasteiger partial charge is 0.370 e. The highest BCUT2D eigenvalue weighted by molar-refractivity contribution is 5.79. The van der Waals surface area contributed by atoms with Gasteiger partial charge in [0.25, 0.3) is 0 Å². The lowest BCUT2D eigenvalue weighted by Crippen LogP contribution is -2.50. The Morgan fingerprint density at radius 3 is 2.69 bits per heavy atom. The zero-order valence-corrected chi connectivity index (χ0v) is 16.4. The highest BCUT2D eigenvalue weighted by atomic mass is 19.1. The van der Waals surface area contributed by atoms with Crippen LogP contribution in [0.25, 0.3) is 0 Å². The molecule has 1 fully saturated rings. The number of nitrogens with two attached hydrogens (primary N) is 1. The van der Waals surface area contributed by atoms with Crippen LogP contribution in [0.15, 0.2) is 54.6 Å². The standard InChI is InChI=1S/C22H27FN4O2/c23-19-8-4-7-18(13-19)20-14-25-10-12-26(20)16-22(29)27(11-9-21(24)28)15-17-5-2-1-3-6-17/h1-8,13,20,25H,9-12,14-16H2,(H2,24,28). The maximum absolute atomic E-state index is 13.7. The Labute approximate surface area is 170 Å². The Kier molecular flexibility index (Phi) is 7.32. The van der Waals surface area contributed by atoms with Gasteiger partial charge in [-0.3, -0.25) is 14.5 Å². The number of halogens is 1. The Morgan fingerprint density at radius 2 is 1.97 bits per heavy atom. The van der Waals surface area contributed by atoms with E-state index in [0.717, 1.165) is 17.7 Å². The number of hydrogen-bond donors (Lipinski definition) is 2. The van der Waals surface area contributed by atoms with Crippen molar-refractivity contribution >= 4 is 11.8 Å². The van der Waals surface area contributed by atoms with Crippen molar-refractivity contribution in [3.8, 4) is 0 Å². The Bertz CT molecular complexity index is 831. The highest BCUT2D eigenvalue weighted by Gasteiger charge is 2.27. The van der Waals surface area contributed by atoms with E-state index in [2.05, 4.69) is 10.2 Å². The molecule has 0 aromatic heterocycles. The molecular formula is C22H27FN4O2. The van der Waals surface area contributed by atoms with Crippen molar-refractivity contribution in [1.29, 1.82) is 0 Å². The number of nitrogens with one attached hydrogen (secondary N) is 1. The van der Waals surface area contributed by atoms with E-state index in [1.807, 2.05) is 36.4 Å². The molecule has 0 saturated carbocycles. The van der Waals surface area contributed by atoms with Crippen LogP contribution in [0.4, 0.5) is 4.39 Å². The van der Waals surface area contributed by atoms with E-state index in [1.54, 1.807) is 11.0 Å². The minimum atomic E-state index is -0.435. The predicted molar refractivity (Wildman–Crippen MR) is 109 cm³/mol. The molecule has 2 aromatic rings. The van der Waals surface area contributed by atoms with Gasteiger partial charge in [0.05, 0.1) is 6.54 Å². The molecule has 1 heterocycles. The fourth-order valence-corrected chi connectivity index (χ4v) is 3.59. The molecule has 0 aliphatic carbocycles. The number of carbonyl (C=O) groups is 2. The molecule has 1 aliphatic heterocycles. The van der Waals surface area contributed by atoms with Gasteiger partial charge in [-0.1, -0.05) is 42.5 Å². The summed E-state index contributed by atoms with van der Waals surface area (Å²) in [5, 5.41) is 3.31. The first-order chi connectivity index (χ1) is 14.0. The lowest BCUT2D eigenvalue weighted by Gasteiger charge is -2.37. The number of nitrogens with zero attached hydrogens (tertiary/aromatic N) is 2. The molecule has 3 rings (SSSR count).